The highest BCUT2D eigenvalue weighted by Gasteiger charge is 2.22. The molecule has 2 rings (SSSR count). The summed E-state index contributed by atoms with van der Waals surface area (Å²) in [5.41, 5.74) is 0.729. The van der Waals surface area contributed by atoms with Crippen LogP contribution in [-0.2, 0) is 4.79 Å². The minimum Gasteiger partial charge on any atom is -0.493 e. The van der Waals surface area contributed by atoms with Crippen molar-refractivity contribution in [2.45, 2.75) is 32.7 Å². The summed E-state index contributed by atoms with van der Waals surface area (Å²) < 4.78 is 11.2. The van der Waals surface area contributed by atoms with Crippen molar-refractivity contribution in [3.63, 3.8) is 0 Å². The van der Waals surface area contributed by atoms with Crippen LogP contribution in [0.25, 0.3) is 0 Å². The topological polar surface area (TPSA) is 62.8 Å². The van der Waals surface area contributed by atoms with Crippen LogP contribution in [0, 0.1) is 0 Å². The van der Waals surface area contributed by atoms with E-state index in [1.165, 1.54) is 0 Å². The van der Waals surface area contributed by atoms with Crippen molar-refractivity contribution < 1.29 is 14.3 Å². The zero-order valence-electron chi connectivity index (χ0n) is 15.7. The van der Waals surface area contributed by atoms with Crippen LogP contribution in [0.15, 0.2) is 18.2 Å². The molecule has 1 unspecified atom stereocenters. The summed E-state index contributed by atoms with van der Waals surface area (Å²) in [5.74, 6) is 1.33. The van der Waals surface area contributed by atoms with E-state index in [4.69, 9.17) is 9.47 Å². The first-order chi connectivity index (χ1) is 11.7. The first-order valence-electron chi connectivity index (χ1n) is 8.75. The summed E-state index contributed by atoms with van der Waals surface area (Å²) in [6.45, 7) is 8.62. The summed E-state index contributed by atoms with van der Waals surface area (Å²) in [6.07, 6.45) is 1.93. The molecule has 1 atom stereocenters. The molecule has 0 aromatic heterocycles. The first kappa shape index (κ1) is 24.8. The van der Waals surface area contributed by atoms with Gasteiger partial charge in [0.05, 0.1) is 13.2 Å². The number of carbonyl (C=O) groups is 1. The number of benzene rings is 1. The Kier molecular flexibility index (Phi) is 12.4. The lowest BCUT2D eigenvalue weighted by atomic mass is 10.2. The highest BCUT2D eigenvalue weighted by Crippen LogP contribution is 2.30. The molecule has 6 nitrogen and oxygen atoms in total. The van der Waals surface area contributed by atoms with Crippen LogP contribution >= 0.6 is 24.8 Å². The van der Waals surface area contributed by atoms with Crippen molar-refractivity contribution in [2.75, 3.05) is 45.2 Å². The van der Waals surface area contributed by atoms with E-state index < -0.39 is 0 Å². The molecule has 1 aromatic rings. The summed E-state index contributed by atoms with van der Waals surface area (Å²) >= 11 is 0. The van der Waals surface area contributed by atoms with Gasteiger partial charge in [-0.05, 0) is 44.6 Å². The van der Waals surface area contributed by atoms with Crippen molar-refractivity contribution in [3.05, 3.63) is 18.2 Å². The third kappa shape index (κ3) is 7.19. The van der Waals surface area contributed by atoms with Crippen LogP contribution in [-0.4, -0.2) is 56.7 Å². The quantitative estimate of drug-likeness (QED) is 0.658. The molecule has 0 aliphatic carbocycles. The average molecular weight is 408 g/mol. The molecule has 0 radical (unpaired) electrons. The lowest BCUT2D eigenvalue weighted by Gasteiger charge is -2.19. The Hall–Kier alpha value is -1.21. The van der Waals surface area contributed by atoms with Gasteiger partial charge in [0.1, 0.15) is 6.61 Å². The Bertz CT molecular complexity index is 536. The number of anilines is 1. The minimum absolute atomic E-state index is 0. The maximum Gasteiger partial charge on any atom is 0.241 e. The van der Waals surface area contributed by atoms with Crippen LogP contribution in [0.4, 0.5) is 5.69 Å². The zero-order valence-corrected chi connectivity index (χ0v) is 17.4. The van der Waals surface area contributed by atoms with Gasteiger partial charge in [-0.3, -0.25) is 4.79 Å². The van der Waals surface area contributed by atoms with E-state index in [1.54, 1.807) is 7.11 Å². The number of halogens is 2. The van der Waals surface area contributed by atoms with Gasteiger partial charge in [0.25, 0.3) is 0 Å². The van der Waals surface area contributed by atoms with E-state index in [9.17, 15) is 4.79 Å². The molecule has 2 N–H and O–H groups in total. The van der Waals surface area contributed by atoms with Crippen LogP contribution < -0.4 is 20.1 Å². The monoisotopic (exact) mass is 407 g/mol. The molecule has 150 valence electrons. The van der Waals surface area contributed by atoms with E-state index in [0.29, 0.717) is 18.1 Å². The average Bonchev–Trinajstić information content (AvgIpc) is 3.14. The zero-order chi connectivity index (χ0) is 17.4. The maximum absolute atomic E-state index is 12.2. The van der Waals surface area contributed by atoms with Crippen molar-refractivity contribution in [1.29, 1.82) is 0 Å². The van der Waals surface area contributed by atoms with Crippen LogP contribution in [0.3, 0.4) is 0 Å². The number of methoxy groups -OCH3 is 1. The fourth-order valence-corrected chi connectivity index (χ4v) is 2.83. The predicted octanol–water partition coefficient (Wildman–Crippen LogP) is 2.95. The van der Waals surface area contributed by atoms with Gasteiger partial charge >= 0.3 is 0 Å². The Morgan fingerprint density at radius 3 is 2.58 bits per heavy atom. The summed E-state index contributed by atoms with van der Waals surface area (Å²) in [5, 5.41) is 6.15. The van der Waals surface area contributed by atoms with Crippen LogP contribution in [0.2, 0.25) is 0 Å². The fourth-order valence-electron chi connectivity index (χ4n) is 2.83. The minimum atomic E-state index is -0.0980. The van der Waals surface area contributed by atoms with E-state index in [0.717, 1.165) is 44.7 Å². The normalized spacial score (nSPS) is 15.8. The Morgan fingerprint density at radius 2 is 2.00 bits per heavy atom. The van der Waals surface area contributed by atoms with Gasteiger partial charge in [0.15, 0.2) is 11.5 Å². The van der Waals surface area contributed by atoms with Crippen molar-refractivity contribution in [1.82, 2.24) is 10.2 Å². The number of likely N-dealkylation sites (N-methyl/N-ethyl adjacent to an activating group) is 1. The molecular weight excluding hydrogens is 377 g/mol. The van der Waals surface area contributed by atoms with Crippen LogP contribution in [0.1, 0.15) is 26.7 Å². The molecule has 0 bridgehead atoms. The lowest BCUT2D eigenvalue weighted by molar-refractivity contribution is -0.117. The van der Waals surface area contributed by atoms with E-state index in [1.807, 2.05) is 18.2 Å². The van der Waals surface area contributed by atoms with Gasteiger partial charge in [0.2, 0.25) is 5.91 Å². The molecule has 0 saturated carbocycles. The smallest absolute Gasteiger partial charge is 0.241 e. The summed E-state index contributed by atoms with van der Waals surface area (Å²) in [7, 11) is 1.62. The predicted molar refractivity (Wildman–Crippen MR) is 110 cm³/mol. The number of carbonyl (C=O) groups excluding carboxylic acids is 1. The number of ether oxygens (including phenoxy) is 2. The Morgan fingerprint density at radius 1 is 1.27 bits per heavy atom. The van der Waals surface area contributed by atoms with Crippen molar-refractivity contribution in [2.24, 2.45) is 0 Å². The molecule has 1 aromatic carbocycles. The molecule has 8 heteroatoms. The molecule has 1 amide bonds. The largest absolute Gasteiger partial charge is 0.493 e. The number of nitrogens with one attached hydrogen (secondary N) is 2. The van der Waals surface area contributed by atoms with Gasteiger partial charge in [-0.25, -0.2) is 0 Å². The highest BCUT2D eigenvalue weighted by molar-refractivity contribution is 5.95. The van der Waals surface area contributed by atoms with Gasteiger partial charge in [-0.2, -0.15) is 0 Å². The number of hydrogen-bond acceptors (Lipinski definition) is 5. The van der Waals surface area contributed by atoms with E-state index in [2.05, 4.69) is 29.4 Å². The number of hydrogen-bond donors (Lipinski definition) is 2. The molecule has 0 spiro atoms. The number of amides is 1. The summed E-state index contributed by atoms with van der Waals surface area (Å²) in [4.78, 5) is 14.5. The number of nitrogens with zero attached hydrogens (tertiary/aromatic N) is 1. The first-order valence-corrected chi connectivity index (χ1v) is 8.75. The second-order valence-electron chi connectivity index (χ2n) is 5.88. The van der Waals surface area contributed by atoms with Gasteiger partial charge in [-0.15, -0.1) is 24.8 Å². The van der Waals surface area contributed by atoms with E-state index in [-0.39, 0.29) is 36.8 Å². The maximum atomic E-state index is 12.2. The van der Waals surface area contributed by atoms with Crippen LogP contribution in [0.5, 0.6) is 11.5 Å². The van der Waals surface area contributed by atoms with E-state index >= 15 is 0 Å². The SMILES string of the molecule is CCN(CC)CCOc1cc(NC(=O)C2CCCN2)ccc1OC.Cl.Cl. The van der Waals surface area contributed by atoms with Gasteiger partial charge in [-0.1, -0.05) is 13.8 Å². The van der Waals surface area contributed by atoms with Gasteiger partial charge in [0, 0.05) is 18.3 Å². The third-order valence-electron chi connectivity index (χ3n) is 4.37. The molecule has 26 heavy (non-hydrogen) atoms. The number of rotatable bonds is 9. The second-order valence-corrected chi connectivity index (χ2v) is 5.88. The van der Waals surface area contributed by atoms with Crippen molar-refractivity contribution >= 4 is 36.4 Å². The standard InChI is InChI=1S/C18H29N3O3.2ClH/c1-4-21(5-2)11-12-24-17-13-14(8-9-16(17)23-3)20-18(22)15-7-6-10-19-15;;/h8-9,13,15,19H,4-7,10-12H2,1-3H3,(H,20,22);2*1H. The fraction of sp³-hybridized carbons (Fsp3) is 0.611. The lowest BCUT2D eigenvalue weighted by Crippen LogP contribution is -2.35. The molecule has 1 aliphatic heterocycles. The highest BCUT2D eigenvalue weighted by atomic mass is 35.5. The molecule has 1 aliphatic rings. The Balaban J connectivity index is 0.00000312. The summed E-state index contributed by atoms with van der Waals surface area (Å²) in [6, 6.07) is 5.39. The second kappa shape index (κ2) is 13.0. The Labute approximate surface area is 168 Å². The van der Waals surface area contributed by atoms with Crippen molar-refractivity contribution in [3.8, 4) is 11.5 Å². The third-order valence-corrected chi connectivity index (χ3v) is 4.37. The molecule has 1 heterocycles. The van der Waals surface area contributed by atoms with Gasteiger partial charge < -0.3 is 25.0 Å². The molecule has 1 saturated heterocycles. The molecular formula is C18H31Cl2N3O3. The molecule has 1 fully saturated rings.